The average molecular weight is 241 g/mol. The molecule has 1 atom stereocenters. The van der Waals surface area contributed by atoms with E-state index in [0.29, 0.717) is 6.54 Å². The van der Waals surface area contributed by atoms with Crippen LogP contribution < -0.4 is 10.6 Å². The van der Waals surface area contributed by atoms with Gasteiger partial charge in [-0.1, -0.05) is 6.92 Å². The molecule has 0 aliphatic heterocycles. The van der Waals surface area contributed by atoms with Gasteiger partial charge in [0.25, 0.3) is 0 Å². The molecule has 0 aromatic carbocycles. The number of carbonyl (C=O) groups excluding carboxylic acids is 1. The lowest BCUT2D eigenvalue weighted by Gasteiger charge is -2.12. The Balaban J connectivity index is 2.55. The first-order chi connectivity index (χ1) is 7.54. The Morgan fingerprint density at radius 2 is 2.19 bits per heavy atom. The van der Waals surface area contributed by atoms with Crippen molar-refractivity contribution >= 4 is 17.2 Å². The van der Waals surface area contributed by atoms with E-state index in [9.17, 15) is 4.79 Å². The van der Waals surface area contributed by atoms with Gasteiger partial charge in [-0.25, -0.2) is 4.98 Å². The molecule has 90 valence electrons. The normalized spacial score (nSPS) is 12.5. The van der Waals surface area contributed by atoms with Crippen LogP contribution in [0.1, 0.15) is 35.5 Å². The van der Waals surface area contributed by atoms with Crippen molar-refractivity contribution in [3.63, 3.8) is 0 Å². The van der Waals surface area contributed by atoms with Crippen LogP contribution in [0.3, 0.4) is 0 Å². The van der Waals surface area contributed by atoms with E-state index in [1.807, 2.05) is 27.7 Å². The fourth-order valence-electron chi connectivity index (χ4n) is 1.55. The van der Waals surface area contributed by atoms with Crippen LogP contribution in [0.2, 0.25) is 0 Å². The highest BCUT2D eigenvalue weighted by atomic mass is 32.1. The van der Waals surface area contributed by atoms with Gasteiger partial charge in [-0.3, -0.25) is 4.79 Å². The monoisotopic (exact) mass is 241 g/mol. The summed E-state index contributed by atoms with van der Waals surface area (Å²) < 4.78 is 0. The molecule has 4 nitrogen and oxygen atoms in total. The third-order valence-electron chi connectivity index (χ3n) is 2.25. The van der Waals surface area contributed by atoms with Crippen LogP contribution in [-0.4, -0.2) is 24.0 Å². The fourth-order valence-corrected chi connectivity index (χ4v) is 2.48. The molecular formula is C11H19N3OS. The molecule has 0 aliphatic rings. The van der Waals surface area contributed by atoms with Crippen LogP contribution in [0.25, 0.3) is 0 Å². The Bertz CT molecular complexity index is 362. The number of rotatable bonds is 5. The molecule has 5 heteroatoms. The van der Waals surface area contributed by atoms with Crippen LogP contribution in [-0.2, 0) is 4.79 Å². The zero-order valence-electron chi connectivity index (χ0n) is 10.3. The third kappa shape index (κ3) is 3.57. The molecule has 1 amide bonds. The first-order valence-electron chi connectivity index (χ1n) is 5.48. The van der Waals surface area contributed by atoms with Gasteiger partial charge in [0, 0.05) is 4.88 Å². The molecule has 16 heavy (non-hydrogen) atoms. The van der Waals surface area contributed by atoms with E-state index in [2.05, 4.69) is 15.6 Å². The van der Waals surface area contributed by atoms with Crippen molar-refractivity contribution in [1.29, 1.82) is 0 Å². The molecule has 1 aromatic rings. The summed E-state index contributed by atoms with van der Waals surface area (Å²) in [6.45, 7) is 9.11. The van der Waals surface area contributed by atoms with Crippen molar-refractivity contribution in [3.8, 4) is 0 Å². The SMILES string of the molecule is CCNCC(=O)NC(C)c1sc(C)nc1C. The molecule has 1 heterocycles. The number of aryl methyl sites for hydroxylation is 2. The van der Waals surface area contributed by atoms with Crippen LogP contribution in [0, 0.1) is 13.8 Å². The van der Waals surface area contributed by atoms with Crippen molar-refractivity contribution in [1.82, 2.24) is 15.6 Å². The van der Waals surface area contributed by atoms with Gasteiger partial charge in [0.2, 0.25) is 5.91 Å². The number of amides is 1. The van der Waals surface area contributed by atoms with Gasteiger partial charge in [-0.15, -0.1) is 11.3 Å². The summed E-state index contributed by atoms with van der Waals surface area (Å²) in [5, 5.41) is 7.00. The van der Waals surface area contributed by atoms with Gasteiger partial charge in [0.1, 0.15) is 0 Å². The van der Waals surface area contributed by atoms with E-state index in [0.717, 1.165) is 22.1 Å². The van der Waals surface area contributed by atoms with Crippen molar-refractivity contribution < 1.29 is 4.79 Å². The van der Waals surface area contributed by atoms with Crippen molar-refractivity contribution in [2.75, 3.05) is 13.1 Å². The fraction of sp³-hybridized carbons (Fsp3) is 0.636. The zero-order valence-corrected chi connectivity index (χ0v) is 11.1. The van der Waals surface area contributed by atoms with Gasteiger partial charge >= 0.3 is 0 Å². The largest absolute Gasteiger partial charge is 0.348 e. The second-order valence-electron chi connectivity index (χ2n) is 3.75. The molecule has 0 bridgehead atoms. The second-order valence-corrected chi connectivity index (χ2v) is 4.99. The van der Waals surface area contributed by atoms with Crippen LogP contribution in [0.5, 0.6) is 0 Å². The van der Waals surface area contributed by atoms with E-state index in [-0.39, 0.29) is 11.9 Å². The molecule has 0 spiro atoms. The maximum absolute atomic E-state index is 11.5. The maximum atomic E-state index is 11.5. The number of hydrogen-bond acceptors (Lipinski definition) is 4. The van der Waals surface area contributed by atoms with Gasteiger partial charge in [-0.05, 0) is 27.3 Å². The van der Waals surface area contributed by atoms with Gasteiger partial charge in [-0.2, -0.15) is 0 Å². The molecule has 0 aliphatic carbocycles. The molecule has 2 N–H and O–H groups in total. The van der Waals surface area contributed by atoms with Crippen molar-refractivity contribution in [2.45, 2.75) is 33.7 Å². The first kappa shape index (κ1) is 13.1. The molecule has 1 unspecified atom stereocenters. The lowest BCUT2D eigenvalue weighted by Crippen LogP contribution is -2.35. The van der Waals surface area contributed by atoms with Crippen molar-refractivity contribution in [3.05, 3.63) is 15.6 Å². The number of aromatic nitrogens is 1. The standard InChI is InChI=1S/C11H19N3OS/c1-5-12-6-10(15)14-8(3)11-7(2)13-9(4)16-11/h8,12H,5-6H2,1-4H3,(H,14,15). The molecule has 0 saturated carbocycles. The minimum atomic E-state index is 0.0276. The molecule has 1 aromatic heterocycles. The summed E-state index contributed by atoms with van der Waals surface area (Å²) in [4.78, 5) is 17.0. The quantitative estimate of drug-likeness (QED) is 0.822. The Morgan fingerprint density at radius 3 is 2.69 bits per heavy atom. The summed E-state index contributed by atoms with van der Waals surface area (Å²) in [5.74, 6) is 0.0276. The van der Waals surface area contributed by atoms with E-state index >= 15 is 0 Å². The number of thiazole rings is 1. The molecular weight excluding hydrogens is 222 g/mol. The smallest absolute Gasteiger partial charge is 0.234 e. The Morgan fingerprint density at radius 1 is 1.50 bits per heavy atom. The Hall–Kier alpha value is -0.940. The van der Waals surface area contributed by atoms with E-state index in [1.54, 1.807) is 11.3 Å². The highest BCUT2D eigenvalue weighted by Crippen LogP contribution is 2.24. The second kappa shape index (κ2) is 5.96. The minimum Gasteiger partial charge on any atom is -0.348 e. The number of hydrogen-bond donors (Lipinski definition) is 2. The van der Waals surface area contributed by atoms with E-state index in [1.165, 1.54) is 0 Å². The molecule has 0 fully saturated rings. The third-order valence-corrected chi connectivity index (χ3v) is 3.50. The number of likely N-dealkylation sites (N-methyl/N-ethyl adjacent to an activating group) is 1. The minimum absolute atomic E-state index is 0.0276. The highest BCUT2D eigenvalue weighted by Gasteiger charge is 2.14. The summed E-state index contributed by atoms with van der Waals surface area (Å²) in [5.41, 5.74) is 1.01. The van der Waals surface area contributed by atoms with Crippen molar-refractivity contribution in [2.24, 2.45) is 0 Å². The lowest BCUT2D eigenvalue weighted by molar-refractivity contribution is -0.120. The predicted molar refractivity (Wildman–Crippen MR) is 66.7 cm³/mol. The first-order valence-corrected chi connectivity index (χ1v) is 6.30. The topological polar surface area (TPSA) is 54.0 Å². The number of nitrogens with zero attached hydrogens (tertiary/aromatic N) is 1. The summed E-state index contributed by atoms with van der Waals surface area (Å²) in [6, 6.07) is 0.0392. The van der Waals surface area contributed by atoms with Gasteiger partial charge in [0.05, 0.1) is 23.3 Å². The maximum Gasteiger partial charge on any atom is 0.234 e. The summed E-state index contributed by atoms with van der Waals surface area (Å²) in [7, 11) is 0. The molecule has 0 saturated heterocycles. The van der Waals surface area contributed by atoms with Gasteiger partial charge < -0.3 is 10.6 Å². The summed E-state index contributed by atoms with van der Waals surface area (Å²) >= 11 is 1.64. The number of nitrogens with one attached hydrogen (secondary N) is 2. The van der Waals surface area contributed by atoms with E-state index in [4.69, 9.17) is 0 Å². The average Bonchev–Trinajstić information content (AvgIpc) is 2.54. The lowest BCUT2D eigenvalue weighted by atomic mass is 10.2. The summed E-state index contributed by atoms with van der Waals surface area (Å²) in [6.07, 6.45) is 0. The Labute approximate surface area is 100 Å². The zero-order chi connectivity index (χ0) is 12.1. The van der Waals surface area contributed by atoms with Gasteiger partial charge in [0.15, 0.2) is 0 Å². The van der Waals surface area contributed by atoms with E-state index < -0.39 is 0 Å². The predicted octanol–water partition coefficient (Wildman–Crippen LogP) is 1.55. The number of carbonyl (C=O) groups is 1. The molecule has 1 rings (SSSR count). The molecule has 0 radical (unpaired) electrons. The Kier molecular flexibility index (Phi) is 4.89. The highest BCUT2D eigenvalue weighted by molar-refractivity contribution is 7.11. The van der Waals surface area contributed by atoms with Crippen LogP contribution in [0.4, 0.5) is 0 Å². The van der Waals surface area contributed by atoms with Crippen LogP contribution in [0.15, 0.2) is 0 Å². The van der Waals surface area contributed by atoms with Crippen LogP contribution >= 0.6 is 11.3 Å².